The lowest BCUT2D eigenvalue weighted by molar-refractivity contribution is 0.284. The highest BCUT2D eigenvalue weighted by Gasteiger charge is 2.13. The molecule has 5 heteroatoms. The van der Waals surface area contributed by atoms with Crippen molar-refractivity contribution >= 4 is 10.1 Å². The zero-order valence-corrected chi connectivity index (χ0v) is 24.2. The van der Waals surface area contributed by atoms with Crippen LogP contribution in [0.25, 0.3) is 0 Å². The highest BCUT2D eigenvalue weighted by molar-refractivity contribution is 7.86. The Bertz CT molecular complexity index is 857. The summed E-state index contributed by atoms with van der Waals surface area (Å²) in [6.07, 6.45) is 24.1. The lowest BCUT2D eigenvalue weighted by Crippen LogP contribution is -2.07. The van der Waals surface area contributed by atoms with Crippen molar-refractivity contribution in [1.29, 1.82) is 0 Å². The first-order chi connectivity index (χ1) is 17.3. The third-order valence-corrected chi connectivity index (χ3v) is 6.80. The first-order valence-electron chi connectivity index (χ1n) is 13.4. The first kappa shape index (κ1) is 34.0. The molecule has 0 heterocycles. The van der Waals surface area contributed by atoms with Gasteiger partial charge in [0.1, 0.15) is 0 Å². The summed E-state index contributed by atoms with van der Waals surface area (Å²) in [4.78, 5) is 0.231. The second-order valence-corrected chi connectivity index (χ2v) is 10.8. The lowest BCUT2D eigenvalue weighted by atomic mass is 10.1. The maximum atomic E-state index is 11.7. The Kier molecular flexibility index (Phi) is 21.1. The maximum absolute atomic E-state index is 11.7. The molecule has 1 aromatic rings. The van der Waals surface area contributed by atoms with Crippen LogP contribution in [-0.2, 0) is 14.3 Å². The molecule has 0 saturated heterocycles. The van der Waals surface area contributed by atoms with Crippen molar-refractivity contribution in [3.05, 3.63) is 77.4 Å². The summed E-state index contributed by atoms with van der Waals surface area (Å²) in [7, 11) is -3.56. The van der Waals surface area contributed by atoms with Gasteiger partial charge in [0, 0.05) is 6.61 Å². The smallest absolute Gasteiger partial charge is 0.296 e. The predicted molar refractivity (Wildman–Crippen MR) is 155 cm³/mol. The van der Waals surface area contributed by atoms with Crippen LogP contribution in [0.5, 0.6) is 0 Å². The van der Waals surface area contributed by atoms with Crippen molar-refractivity contribution in [2.45, 2.75) is 104 Å². The molecule has 0 fully saturated rings. The van der Waals surface area contributed by atoms with Crippen LogP contribution in [0, 0.1) is 6.92 Å². The molecule has 2 aliphatic carbocycles. The van der Waals surface area contributed by atoms with E-state index in [4.69, 9.17) is 9.29 Å². The van der Waals surface area contributed by atoms with Gasteiger partial charge in [0.2, 0.25) is 0 Å². The number of aliphatic hydroxyl groups excluding tert-OH is 1. The Morgan fingerprint density at radius 2 is 1.25 bits per heavy atom. The van der Waals surface area contributed by atoms with Crippen LogP contribution in [0.4, 0.5) is 0 Å². The molecule has 4 nitrogen and oxygen atoms in total. The average Bonchev–Trinajstić information content (AvgIpc) is 2.88. The van der Waals surface area contributed by atoms with E-state index in [0.717, 1.165) is 50.5 Å². The van der Waals surface area contributed by atoms with Crippen LogP contribution in [0.1, 0.15) is 97.5 Å². The van der Waals surface area contributed by atoms with Gasteiger partial charge in [-0.3, -0.25) is 4.18 Å². The van der Waals surface area contributed by atoms with Crippen LogP contribution in [-0.4, -0.2) is 26.7 Å². The molecular formula is C31H50O4S. The van der Waals surface area contributed by atoms with Gasteiger partial charge in [-0.2, -0.15) is 8.42 Å². The van der Waals surface area contributed by atoms with Gasteiger partial charge < -0.3 is 5.11 Å². The summed E-state index contributed by atoms with van der Waals surface area (Å²) in [5, 5.41) is 8.20. The minimum absolute atomic E-state index is 0.231. The minimum atomic E-state index is -3.56. The largest absolute Gasteiger partial charge is 0.396 e. The summed E-state index contributed by atoms with van der Waals surface area (Å²) >= 11 is 0. The topological polar surface area (TPSA) is 63.6 Å². The zero-order valence-electron chi connectivity index (χ0n) is 23.3. The summed E-state index contributed by atoms with van der Waals surface area (Å²) in [6.45, 7) is 11.1. The molecule has 204 valence electrons. The van der Waals surface area contributed by atoms with Crippen LogP contribution in [0.15, 0.2) is 76.8 Å². The number of hydrogen-bond donors (Lipinski definition) is 1. The van der Waals surface area contributed by atoms with E-state index >= 15 is 0 Å². The van der Waals surface area contributed by atoms with Crippen molar-refractivity contribution in [3.8, 4) is 0 Å². The molecule has 0 spiro atoms. The molecular weight excluding hydrogens is 468 g/mol. The van der Waals surface area contributed by atoms with Gasteiger partial charge in [-0.25, -0.2) is 0 Å². The fourth-order valence-electron chi connectivity index (χ4n) is 3.09. The van der Waals surface area contributed by atoms with E-state index in [1.807, 2.05) is 6.92 Å². The summed E-state index contributed by atoms with van der Waals surface area (Å²) in [5.74, 6) is 0. The third kappa shape index (κ3) is 19.3. The molecule has 0 aliphatic heterocycles. The van der Waals surface area contributed by atoms with Crippen LogP contribution >= 0.6 is 0 Å². The van der Waals surface area contributed by atoms with Crippen molar-refractivity contribution < 1.29 is 17.7 Å². The van der Waals surface area contributed by atoms with E-state index < -0.39 is 10.1 Å². The van der Waals surface area contributed by atoms with Gasteiger partial charge in [-0.1, -0.05) is 105 Å². The quantitative estimate of drug-likeness (QED) is 0.202. The van der Waals surface area contributed by atoms with Crippen LogP contribution < -0.4 is 0 Å². The number of hydrogen-bond acceptors (Lipinski definition) is 4. The highest BCUT2D eigenvalue weighted by atomic mass is 32.2. The summed E-state index contributed by atoms with van der Waals surface area (Å²) < 4.78 is 28.3. The number of unbranched alkanes of at least 4 members (excludes halogenated alkanes) is 4. The minimum Gasteiger partial charge on any atom is -0.396 e. The highest BCUT2D eigenvalue weighted by Crippen LogP contribution is 2.14. The SMILES string of the molecule is CC1=CCC=CC1.CC1=CCC=CC1.CCCCCO.CCCCCOS(=O)(=O)c1ccc(C)cc1. The van der Waals surface area contributed by atoms with Gasteiger partial charge in [-0.15, -0.1) is 0 Å². The molecule has 0 radical (unpaired) electrons. The van der Waals surface area contributed by atoms with Gasteiger partial charge in [0.05, 0.1) is 11.5 Å². The first-order valence-corrected chi connectivity index (χ1v) is 14.9. The average molecular weight is 519 g/mol. The fraction of sp³-hybridized carbons (Fsp3) is 0.548. The van der Waals surface area contributed by atoms with Crippen LogP contribution in [0.3, 0.4) is 0 Å². The fourth-order valence-corrected chi connectivity index (χ4v) is 4.03. The van der Waals surface area contributed by atoms with Crippen molar-refractivity contribution in [2.75, 3.05) is 13.2 Å². The Morgan fingerprint density at radius 3 is 1.58 bits per heavy atom. The number of allylic oxidation sites excluding steroid dienone is 8. The maximum Gasteiger partial charge on any atom is 0.296 e. The molecule has 0 atom stereocenters. The molecule has 0 saturated carbocycles. The Hall–Kier alpha value is -1.95. The molecule has 2 aliphatic rings. The molecule has 0 amide bonds. The zero-order chi connectivity index (χ0) is 27.1. The van der Waals surface area contributed by atoms with Gasteiger partial charge in [0.15, 0.2) is 0 Å². The van der Waals surface area contributed by atoms with Gasteiger partial charge >= 0.3 is 0 Å². The summed E-state index contributed by atoms with van der Waals surface area (Å²) in [6, 6.07) is 6.68. The van der Waals surface area contributed by atoms with E-state index in [2.05, 4.69) is 64.2 Å². The van der Waals surface area contributed by atoms with Gasteiger partial charge in [-0.05, 0) is 71.4 Å². The molecule has 3 rings (SSSR count). The number of benzene rings is 1. The lowest BCUT2D eigenvalue weighted by Gasteiger charge is -2.05. The number of aryl methyl sites for hydroxylation is 1. The van der Waals surface area contributed by atoms with Crippen molar-refractivity contribution in [2.24, 2.45) is 0 Å². The third-order valence-electron chi connectivity index (χ3n) is 5.48. The second kappa shape index (κ2) is 22.3. The number of aliphatic hydroxyl groups is 1. The standard InChI is InChI=1S/C12H18O3S.2C7H10.C5H12O/c1-3-4-5-10-15-16(13,14)12-8-6-11(2)7-9-12;2*1-7-5-3-2-4-6-7;1-2-3-4-5-6/h6-9H,3-5,10H2,1-2H3;2*2-3,6H,4-5H2,1H3;6H,2-5H2,1H3. The molecule has 0 unspecified atom stereocenters. The predicted octanol–water partition coefficient (Wildman–Crippen LogP) is 8.62. The van der Waals surface area contributed by atoms with E-state index in [0.29, 0.717) is 6.61 Å². The summed E-state index contributed by atoms with van der Waals surface area (Å²) in [5.41, 5.74) is 4.04. The Balaban J connectivity index is 0.000000507. The van der Waals surface area contributed by atoms with Crippen LogP contribution in [0.2, 0.25) is 0 Å². The van der Waals surface area contributed by atoms with E-state index in [-0.39, 0.29) is 11.5 Å². The van der Waals surface area contributed by atoms with Crippen molar-refractivity contribution in [3.63, 3.8) is 0 Å². The molecule has 36 heavy (non-hydrogen) atoms. The second-order valence-electron chi connectivity index (χ2n) is 9.15. The molecule has 1 aromatic carbocycles. The monoisotopic (exact) mass is 518 g/mol. The number of rotatable bonds is 9. The molecule has 1 N–H and O–H groups in total. The van der Waals surface area contributed by atoms with E-state index in [1.54, 1.807) is 24.3 Å². The Labute approximate surface area is 222 Å². The van der Waals surface area contributed by atoms with Gasteiger partial charge in [0.25, 0.3) is 10.1 Å². The van der Waals surface area contributed by atoms with Crippen molar-refractivity contribution in [1.82, 2.24) is 0 Å². The molecule has 0 bridgehead atoms. The van der Waals surface area contributed by atoms with E-state index in [1.165, 1.54) is 30.4 Å². The molecule has 0 aromatic heterocycles. The Morgan fingerprint density at radius 1 is 0.750 bits per heavy atom. The van der Waals surface area contributed by atoms with E-state index in [9.17, 15) is 8.42 Å². The normalized spacial score (nSPS) is 14.2.